The van der Waals surface area contributed by atoms with Gasteiger partial charge in [-0.15, -0.1) is 0 Å². The van der Waals surface area contributed by atoms with Gasteiger partial charge in [0.15, 0.2) is 0 Å². The molecule has 0 heterocycles. The Morgan fingerprint density at radius 1 is 0.919 bits per heavy atom. The quantitative estimate of drug-likeness (QED) is 0.356. The molecule has 0 aliphatic heterocycles. The van der Waals surface area contributed by atoms with Gasteiger partial charge in [0.1, 0.15) is 5.75 Å². The third kappa shape index (κ3) is 5.13. The van der Waals surface area contributed by atoms with E-state index in [9.17, 15) is 9.59 Å². The van der Waals surface area contributed by atoms with Crippen LogP contribution in [0.4, 0.5) is 0 Å². The molecule has 5 heteroatoms. The molecule has 1 amide bonds. The lowest BCUT2D eigenvalue weighted by Gasteiger charge is -2.39. The van der Waals surface area contributed by atoms with Crippen LogP contribution >= 0.6 is 0 Å². The number of benzene rings is 3. The largest absolute Gasteiger partial charge is 0.491 e. The monoisotopic (exact) mass is 497 g/mol. The first-order chi connectivity index (χ1) is 17.8. The van der Waals surface area contributed by atoms with Gasteiger partial charge in [-0.1, -0.05) is 55.0 Å². The summed E-state index contributed by atoms with van der Waals surface area (Å²) in [6.45, 7) is 4.19. The average Bonchev–Trinajstić information content (AvgIpc) is 3.51. The second-order valence-corrected chi connectivity index (χ2v) is 10.8. The Morgan fingerprint density at radius 3 is 2.03 bits per heavy atom. The number of carbonyl (C=O) groups excluding carboxylic acids is 1. The zero-order chi connectivity index (χ0) is 26.0. The average molecular weight is 498 g/mol. The lowest BCUT2D eigenvalue weighted by molar-refractivity contribution is -0.136. The zero-order valence-electron chi connectivity index (χ0n) is 21.6. The van der Waals surface area contributed by atoms with Crippen LogP contribution in [-0.2, 0) is 10.2 Å². The predicted octanol–water partition coefficient (Wildman–Crippen LogP) is 6.45. The fraction of sp³-hybridized carbons (Fsp3) is 0.375. The van der Waals surface area contributed by atoms with E-state index in [-0.39, 0.29) is 30.4 Å². The van der Waals surface area contributed by atoms with E-state index in [1.165, 1.54) is 41.5 Å². The van der Waals surface area contributed by atoms with Gasteiger partial charge in [-0.25, -0.2) is 0 Å². The first-order valence-electron chi connectivity index (χ1n) is 13.3. The molecule has 0 aromatic heterocycles. The van der Waals surface area contributed by atoms with Crippen molar-refractivity contribution in [2.75, 3.05) is 6.54 Å². The Bertz CT molecular complexity index is 1250. The Balaban J connectivity index is 1.39. The minimum absolute atomic E-state index is 0.0330. The molecule has 3 atom stereocenters. The van der Waals surface area contributed by atoms with Crippen molar-refractivity contribution in [3.8, 4) is 16.9 Å². The molecule has 0 spiro atoms. The number of carboxylic acids is 1. The number of fused-ring (bicyclic) bond motifs is 2. The summed E-state index contributed by atoms with van der Waals surface area (Å²) in [6, 6.07) is 25.3. The molecule has 2 saturated carbocycles. The Morgan fingerprint density at radius 2 is 1.51 bits per heavy atom. The fourth-order valence-corrected chi connectivity index (χ4v) is 6.47. The summed E-state index contributed by atoms with van der Waals surface area (Å²) in [5.74, 6) is 1.08. The van der Waals surface area contributed by atoms with Crippen molar-refractivity contribution in [3.63, 3.8) is 0 Å². The number of amides is 1. The molecule has 2 aliphatic rings. The molecule has 0 saturated heterocycles. The molecular weight excluding hydrogens is 462 g/mol. The zero-order valence-corrected chi connectivity index (χ0v) is 21.6. The van der Waals surface area contributed by atoms with Gasteiger partial charge in [0, 0.05) is 17.5 Å². The molecule has 5 rings (SSSR count). The van der Waals surface area contributed by atoms with Crippen LogP contribution in [0, 0.1) is 11.8 Å². The van der Waals surface area contributed by atoms with Gasteiger partial charge >= 0.3 is 5.97 Å². The maximum atomic E-state index is 12.5. The summed E-state index contributed by atoms with van der Waals surface area (Å²) in [6.07, 6.45) is 5.02. The molecule has 3 unspecified atom stereocenters. The van der Waals surface area contributed by atoms with Crippen LogP contribution in [0.1, 0.15) is 67.4 Å². The van der Waals surface area contributed by atoms with E-state index in [0.717, 1.165) is 18.1 Å². The van der Waals surface area contributed by atoms with Gasteiger partial charge in [0.2, 0.25) is 0 Å². The highest BCUT2D eigenvalue weighted by Crippen LogP contribution is 2.60. The lowest BCUT2D eigenvalue weighted by Crippen LogP contribution is -2.34. The van der Waals surface area contributed by atoms with Gasteiger partial charge in [-0.05, 0) is 91.5 Å². The maximum absolute atomic E-state index is 12.5. The molecule has 192 valence electrons. The number of carbonyl (C=O) groups is 2. The number of ether oxygens (including phenoxy) is 1. The molecule has 2 aliphatic carbocycles. The summed E-state index contributed by atoms with van der Waals surface area (Å²) >= 11 is 0. The Hall–Kier alpha value is -3.60. The van der Waals surface area contributed by atoms with Crippen molar-refractivity contribution < 1.29 is 19.4 Å². The molecule has 2 bridgehead atoms. The molecule has 2 fully saturated rings. The number of aliphatic carboxylic acids is 1. The smallest absolute Gasteiger partial charge is 0.305 e. The van der Waals surface area contributed by atoms with Gasteiger partial charge in [-0.2, -0.15) is 0 Å². The van der Waals surface area contributed by atoms with Crippen molar-refractivity contribution >= 4 is 11.9 Å². The molecule has 5 nitrogen and oxygen atoms in total. The van der Waals surface area contributed by atoms with E-state index in [2.05, 4.69) is 53.8 Å². The van der Waals surface area contributed by atoms with Crippen LogP contribution < -0.4 is 10.1 Å². The first-order valence-corrected chi connectivity index (χ1v) is 13.3. The Labute approximate surface area is 218 Å². The van der Waals surface area contributed by atoms with Crippen LogP contribution in [0.2, 0.25) is 0 Å². The van der Waals surface area contributed by atoms with Crippen molar-refractivity contribution in [3.05, 3.63) is 89.5 Å². The summed E-state index contributed by atoms with van der Waals surface area (Å²) < 4.78 is 5.79. The molecule has 37 heavy (non-hydrogen) atoms. The number of carboxylic acid groups (broad SMARTS) is 1. The highest BCUT2D eigenvalue weighted by Gasteiger charge is 2.52. The molecule has 3 aromatic rings. The third-order valence-electron chi connectivity index (χ3n) is 8.09. The molecule has 2 N–H and O–H groups in total. The van der Waals surface area contributed by atoms with Crippen LogP contribution in [0.25, 0.3) is 11.1 Å². The second-order valence-electron chi connectivity index (χ2n) is 10.8. The number of rotatable bonds is 9. The SMILES string of the molecule is CC(C)Oc1ccc(-c2ccc(C3(c4ccc(C(=O)NCCC(=O)O)cc4)CC4CCC3C4)cc2)cc1. The molecule has 0 radical (unpaired) electrons. The van der Waals surface area contributed by atoms with Gasteiger partial charge in [0.25, 0.3) is 5.91 Å². The molecular formula is C32H35NO4. The number of nitrogens with one attached hydrogen (secondary N) is 1. The highest BCUT2D eigenvalue weighted by atomic mass is 16.5. The van der Waals surface area contributed by atoms with E-state index in [1.54, 1.807) is 0 Å². The number of hydrogen-bond acceptors (Lipinski definition) is 3. The summed E-state index contributed by atoms with van der Waals surface area (Å²) in [5.41, 5.74) is 5.50. The van der Waals surface area contributed by atoms with Crippen LogP contribution in [0.5, 0.6) is 5.75 Å². The van der Waals surface area contributed by atoms with Gasteiger partial charge in [-0.3, -0.25) is 9.59 Å². The fourth-order valence-electron chi connectivity index (χ4n) is 6.47. The second kappa shape index (κ2) is 10.4. The van der Waals surface area contributed by atoms with Crippen LogP contribution in [0.15, 0.2) is 72.8 Å². The predicted molar refractivity (Wildman–Crippen MR) is 145 cm³/mol. The topological polar surface area (TPSA) is 75.6 Å². The lowest BCUT2D eigenvalue weighted by atomic mass is 9.64. The summed E-state index contributed by atoms with van der Waals surface area (Å²) in [7, 11) is 0. The third-order valence-corrected chi connectivity index (χ3v) is 8.09. The van der Waals surface area contributed by atoms with Crippen LogP contribution in [-0.4, -0.2) is 29.6 Å². The number of hydrogen-bond donors (Lipinski definition) is 2. The highest BCUT2D eigenvalue weighted by molar-refractivity contribution is 5.94. The van der Waals surface area contributed by atoms with E-state index in [4.69, 9.17) is 9.84 Å². The van der Waals surface area contributed by atoms with E-state index in [1.807, 2.05) is 38.1 Å². The normalized spacial score (nSPS) is 22.2. The van der Waals surface area contributed by atoms with Crippen molar-refractivity contribution in [1.82, 2.24) is 5.32 Å². The van der Waals surface area contributed by atoms with Crippen molar-refractivity contribution in [2.24, 2.45) is 11.8 Å². The van der Waals surface area contributed by atoms with E-state index < -0.39 is 5.97 Å². The van der Waals surface area contributed by atoms with E-state index >= 15 is 0 Å². The Kier molecular flexibility index (Phi) is 7.05. The molecule has 3 aromatic carbocycles. The van der Waals surface area contributed by atoms with Gasteiger partial charge < -0.3 is 15.2 Å². The standard InChI is InChI=1S/C32H35NO4/c1-21(2)37-29-15-8-24(9-16-29)23-4-11-26(12-5-23)32(20-22-3-10-28(32)19-22)27-13-6-25(7-14-27)31(36)33-18-17-30(34)35/h4-9,11-16,21-22,28H,3,10,17-20H2,1-2H3,(H,33,36)(H,34,35). The first kappa shape index (κ1) is 25.1. The maximum Gasteiger partial charge on any atom is 0.305 e. The summed E-state index contributed by atoms with van der Waals surface area (Å²) in [5, 5.41) is 11.5. The minimum atomic E-state index is -0.919. The minimum Gasteiger partial charge on any atom is -0.491 e. The van der Waals surface area contributed by atoms with Crippen molar-refractivity contribution in [1.29, 1.82) is 0 Å². The van der Waals surface area contributed by atoms with Crippen molar-refractivity contribution in [2.45, 2.75) is 57.5 Å². The van der Waals surface area contributed by atoms with Gasteiger partial charge in [0.05, 0.1) is 12.5 Å². The summed E-state index contributed by atoms with van der Waals surface area (Å²) in [4.78, 5) is 23.2. The van der Waals surface area contributed by atoms with E-state index in [0.29, 0.717) is 11.5 Å². The van der Waals surface area contributed by atoms with Crippen LogP contribution in [0.3, 0.4) is 0 Å².